The van der Waals surface area contributed by atoms with Crippen molar-refractivity contribution in [2.45, 2.75) is 45.4 Å². The molecular formula is C11H19N3O. The summed E-state index contributed by atoms with van der Waals surface area (Å²) in [6.45, 7) is 4.40. The van der Waals surface area contributed by atoms with Crippen molar-refractivity contribution in [3.8, 4) is 0 Å². The highest BCUT2D eigenvalue weighted by atomic mass is 16.5. The van der Waals surface area contributed by atoms with Gasteiger partial charge in [0.1, 0.15) is 12.4 Å². The Kier molecular flexibility index (Phi) is 3.75. The summed E-state index contributed by atoms with van der Waals surface area (Å²) >= 11 is 0. The van der Waals surface area contributed by atoms with Crippen LogP contribution in [0.25, 0.3) is 0 Å². The van der Waals surface area contributed by atoms with E-state index in [1.165, 1.54) is 12.8 Å². The molecule has 1 aliphatic carbocycles. The first kappa shape index (κ1) is 10.6. The van der Waals surface area contributed by atoms with Crippen LogP contribution in [0.5, 0.6) is 0 Å². The number of nitrogens with zero attached hydrogens (tertiary/aromatic N) is 1. The van der Waals surface area contributed by atoms with E-state index in [1.54, 1.807) is 0 Å². The van der Waals surface area contributed by atoms with E-state index in [4.69, 9.17) is 4.74 Å². The van der Waals surface area contributed by atoms with Gasteiger partial charge < -0.3 is 15.0 Å². The van der Waals surface area contributed by atoms with Crippen LogP contribution in [0, 0.1) is 0 Å². The highest BCUT2D eigenvalue weighted by Gasteiger charge is 2.20. The minimum absolute atomic E-state index is 0.595. The third-order valence-corrected chi connectivity index (χ3v) is 2.43. The van der Waals surface area contributed by atoms with E-state index in [0.717, 1.165) is 37.1 Å². The molecule has 4 heteroatoms. The normalized spacial score (nSPS) is 15.8. The van der Waals surface area contributed by atoms with Crippen LogP contribution in [0.1, 0.15) is 37.7 Å². The van der Waals surface area contributed by atoms with E-state index >= 15 is 0 Å². The Morgan fingerprint density at radius 2 is 2.47 bits per heavy atom. The Hall–Kier alpha value is -0.870. The van der Waals surface area contributed by atoms with E-state index in [-0.39, 0.29) is 0 Å². The summed E-state index contributed by atoms with van der Waals surface area (Å²) in [4.78, 5) is 7.52. The van der Waals surface area contributed by atoms with Gasteiger partial charge in [-0.1, -0.05) is 6.92 Å². The molecular weight excluding hydrogens is 190 g/mol. The lowest BCUT2D eigenvalue weighted by Crippen LogP contribution is -2.15. The molecule has 4 nitrogen and oxygen atoms in total. The van der Waals surface area contributed by atoms with Crippen LogP contribution in [-0.4, -0.2) is 22.6 Å². The minimum atomic E-state index is 0.595. The second kappa shape index (κ2) is 5.28. The maximum Gasteiger partial charge on any atom is 0.132 e. The largest absolute Gasteiger partial charge is 0.374 e. The average molecular weight is 209 g/mol. The fraction of sp³-hybridized carbons (Fsp3) is 0.727. The van der Waals surface area contributed by atoms with Gasteiger partial charge in [0, 0.05) is 31.1 Å². The molecule has 1 heterocycles. The molecule has 0 atom stereocenters. The van der Waals surface area contributed by atoms with Crippen LogP contribution >= 0.6 is 0 Å². The second-order valence-corrected chi connectivity index (χ2v) is 4.06. The maximum atomic E-state index is 5.41. The van der Waals surface area contributed by atoms with Crippen molar-refractivity contribution in [3.63, 3.8) is 0 Å². The number of hydrogen-bond donors (Lipinski definition) is 2. The van der Waals surface area contributed by atoms with Crippen LogP contribution in [0.3, 0.4) is 0 Å². The number of rotatable bonds is 7. The molecule has 1 aliphatic rings. The molecule has 0 bridgehead atoms. The van der Waals surface area contributed by atoms with Gasteiger partial charge in [-0.05, 0) is 19.3 Å². The zero-order valence-electron chi connectivity index (χ0n) is 9.25. The topological polar surface area (TPSA) is 49.9 Å². The van der Waals surface area contributed by atoms with Crippen LogP contribution in [0.4, 0.5) is 0 Å². The average Bonchev–Trinajstić information content (AvgIpc) is 2.97. The molecule has 0 aliphatic heterocycles. The third kappa shape index (κ3) is 3.64. The van der Waals surface area contributed by atoms with Crippen LogP contribution in [0.15, 0.2) is 6.20 Å². The van der Waals surface area contributed by atoms with Gasteiger partial charge in [-0.3, -0.25) is 0 Å². The van der Waals surface area contributed by atoms with Crippen molar-refractivity contribution in [2.75, 3.05) is 6.61 Å². The molecule has 0 radical (unpaired) electrons. The van der Waals surface area contributed by atoms with Gasteiger partial charge in [0.25, 0.3) is 0 Å². The number of H-pyrrole nitrogens is 1. The molecule has 0 saturated heterocycles. The molecule has 1 aromatic heterocycles. The summed E-state index contributed by atoms with van der Waals surface area (Å²) < 4.78 is 5.41. The van der Waals surface area contributed by atoms with Gasteiger partial charge in [-0.15, -0.1) is 0 Å². The Morgan fingerprint density at radius 3 is 3.20 bits per heavy atom. The Labute approximate surface area is 90.4 Å². The van der Waals surface area contributed by atoms with Crippen molar-refractivity contribution < 1.29 is 4.74 Å². The number of ether oxygens (including phenoxy) is 1. The molecule has 0 aromatic carbocycles. The smallest absolute Gasteiger partial charge is 0.132 e. The zero-order valence-corrected chi connectivity index (χ0v) is 9.25. The first-order valence-corrected chi connectivity index (χ1v) is 5.72. The van der Waals surface area contributed by atoms with E-state index < -0.39 is 0 Å². The van der Waals surface area contributed by atoms with E-state index in [0.29, 0.717) is 6.61 Å². The highest BCUT2D eigenvalue weighted by Crippen LogP contribution is 2.18. The Balaban J connectivity index is 1.70. The molecule has 2 rings (SSSR count). The van der Waals surface area contributed by atoms with Gasteiger partial charge in [0.15, 0.2) is 0 Å². The van der Waals surface area contributed by atoms with Gasteiger partial charge in [0.2, 0.25) is 0 Å². The summed E-state index contributed by atoms with van der Waals surface area (Å²) in [7, 11) is 0. The lowest BCUT2D eigenvalue weighted by Gasteiger charge is -2.00. The standard InChI is InChI=1S/C11H19N3O/c1-2-5-15-8-11-13-7-10(14-11)6-12-9-3-4-9/h7,9,12H,2-6,8H2,1H3,(H,13,14). The fourth-order valence-corrected chi connectivity index (χ4v) is 1.42. The van der Waals surface area contributed by atoms with Crippen LogP contribution in [0.2, 0.25) is 0 Å². The number of imidazole rings is 1. The predicted octanol–water partition coefficient (Wildman–Crippen LogP) is 1.59. The molecule has 0 amide bonds. The SMILES string of the molecule is CCCOCc1ncc(CNC2CC2)[nH]1. The van der Waals surface area contributed by atoms with Gasteiger partial charge >= 0.3 is 0 Å². The Morgan fingerprint density at radius 1 is 1.60 bits per heavy atom. The summed E-state index contributed by atoms with van der Waals surface area (Å²) in [5.41, 5.74) is 1.15. The molecule has 1 fully saturated rings. The highest BCUT2D eigenvalue weighted by molar-refractivity contribution is 5.01. The molecule has 1 aromatic rings. The number of aromatic nitrogens is 2. The lowest BCUT2D eigenvalue weighted by atomic mass is 10.4. The van der Waals surface area contributed by atoms with Crippen LogP contribution < -0.4 is 5.32 Å². The van der Waals surface area contributed by atoms with E-state index in [1.807, 2.05) is 6.20 Å². The van der Waals surface area contributed by atoms with Crippen LogP contribution in [-0.2, 0) is 17.9 Å². The third-order valence-electron chi connectivity index (χ3n) is 2.43. The first-order valence-electron chi connectivity index (χ1n) is 5.72. The van der Waals surface area contributed by atoms with Crippen molar-refractivity contribution >= 4 is 0 Å². The summed E-state index contributed by atoms with van der Waals surface area (Å²) in [5.74, 6) is 0.927. The number of hydrogen-bond acceptors (Lipinski definition) is 3. The minimum Gasteiger partial charge on any atom is -0.374 e. The summed E-state index contributed by atoms with van der Waals surface area (Å²) in [6.07, 6.45) is 5.58. The van der Waals surface area contributed by atoms with Crippen molar-refractivity contribution in [2.24, 2.45) is 0 Å². The molecule has 0 spiro atoms. The van der Waals surface area contributed by atoms with Gasteiger partial charge in [-0.2, -0.15) is 0 Å². The van der Waals surface area contributed by atoms with E-state index in [9.17, 15) is 0 Å². The molecule has 2 N–H and O–H groups in total. The van der Waals surface area contributed by atoms with Crippen molar-refractivity contribution in [1.82, 2.24) is 15.3 Å². The lowest BCUT2D eigenvalue weighted by molar-refractivity contribution is 0.116. The number of nitrogens with one attached hydrogen (secondary N) is 2. The van der Waals surface area contributed by atoms with Gasteiger partial charge in [-0.25, -0.2) is 4.98 Å². The van der Waals surface area contributed by atoms with Crippen molar-refractivity contribution in [1.29, 1.82) is 0 Å². The Bertz CT molecular complexity index is 294. The zero-order chi connectivity index (χ0) is 10.5. The summed E-state index contributed by atoms with van der Waals surface area (Å²) in [6, 6.07) is 0.744. The second-order valence-electron chi connectivity index (χ2n) is 4.06. The maximum absolute atomic E-state index is 5.41. The quantitative estimate of drug-likeness (QED) is 0.670. The number of aromatic amines is 1. The van der Waals surface area contributed by atoms with Gasteiger partial charge in [0.05, 0.1) is 0 Å². The monoisotopic (exact) mass is 209 g/mol. The fourth-order valence-electron chi connectivity index (χ4n) is 1.42. The first-order chi connectivity index (χ1) is 7.38. The predicted molar refractivity (Wildman–Crippen MR) is 58.4 cm³/mol. The van der Waals surface area contributed by atoms with Crippen molar-refractivity contribution in [3.05, 3.63) is 17.7 Å². The molecule has 15 heavy (non-hydrogen) atoms. The molecule has 0 unspecified atom stereocenters. The summed E-state index contributed by atoms with van der Waals surface area (Å²) in [5, 5.41) is 3.44. The van der Waals surface area contributed by atoms with E-state index in [2.05, 4.69) is 22.2 Å². The molecule has 84 valence electrons. The molecule has 1 saturated carbocycles.